The van der Waals surface area contributed by atoms with E-state index in [1.807, 2.05) is 6.20 Å². The summed E-state index contributed by atoms with van der Waals surface area (Å²) in [5.41, 5.74) is 4.20. The molecule has 0 atom stereocenters. The molecule has 0 unspecified atom stereocenters. The lowest BCUT2D eigenvalue weighted by atomic mass is 10.0. The minimum atomic E-state index is -1.26. The van der Waals surface area contributed by atoms with Crippen molar-refractivity contribution in [2.75, 3.05) is 0 Å². The average Bonchev–Trinajstić information content (AvgIpc) is 2.44. The number of nitrogens with zero attached hydrogens (tertiary/aromatic N) is 1. The van der Waals surface area contributed by atoms with Crippen LogP contribution in [0.5, 0.6) is 0 Å². The smallest absolute Gasteiger partial charge is 0.328 e. The highest BCUT2D eigenvalue weighted by atomic mass is 16.4. The normalized spacial score (nSPS) is 9.95. The molecule has 0 saturated carbocycles. The lowest BCUT2D eigenvalue weighted by Crippen LogP contribution is -1.99. The first-order valence-electron chi connectivity index (χ1n) is 6.55. The minimum Gasteiger partial charge on any atom is -0.478 e. The Morgan fingerprint density at radius 3 is 1.95 bits per heavy atom. The molecular formula is C15H21NO4. The summed E-state index contributed by atoms with van der Waals surface area (Å²) in [5, 5.41) is 15.6. The molecule has 5 nitrogen and oxygen atoms in total. The van der Waals surface area contributed by atoms with Crippen molar-refractivity contribution in [3.05, 3.63) is 41.2 Å². The van der Waals surface area contributed by atoms with Crippen LogP contribution in [0.1, 0.15) is 37.6 Å². The average molecular weight is 279 g/mol. The van der Waals surface area contributed by atoms with E-state index in [1.54, 1.807) is 0 Å². The van der Waals surface area contributed by atoms with Gasteiger partial charge in [0.1, 0.15) is 0 Å². The van der Waals surface area contributed by atoms with Crippen LogP contribution in [-0.2, 0) is 28.9 Å². The lowest BCUT2D eigenvalue weighted by molar-refractivity contribution is -0.134. The standard InChI is InChI=1S/C11H17N.C4H4O4/c1-4-9-7-8-12-11(6-3)10(9)5-2;5-3(6)1-2-4(7)8/h7-8H,4-6H2,1-3H3;1-2H,(H,5,6)(H,7,8). The molecule has 20 heavy (non-hydrogen) atoms. The Morgan fingerprint density at radius 1 is 1.05 bits per heavy atom. The molecule has 0 aliphatic heterocycles. The van der Waals surface area contributed by atoms with Crippen LogP contribution in [0.4, 0.5) is 0 Å². The van der Waals surface area contributed by atoms with E-state index in [0.717, 1.165) is 19.3 Å². The van der Waals surface area contributed by atoms with Gasteiger partial charge in [-0.05, 0) is 36.5 Å². The summed E-state index contributed by atoms with van der Waals surface area (Å²) >= 11 is 0. The van der Waals surface area contributed by atoms with E-state index in [0.29, 0.717) is 12.2 Å². The predicted octanol–water partition coefficient (Wildman–Crippen LogP) is 2.48. The topological polar surface area (TPSA) is 87.5 Å². The molecule has 1 aromatic heterocycles. The minimum absolute atomic E-state index is 0.558. The molecule has 0 saturated heterocycles. The van der Waals surface area contributed by atoms with Gasteiger partial charge >= 0.3 is 11.9 Å². The second-order valence-corrected chi connectivity index (χ2v) is 3.97. The van der Waals surface area contributed by atoms with Crippen molar-refractivity contribution in [1.82, 2.24) is 4.98 Å². The molecule has 2 N–H and O–H groups in total. The highest BCUT2D eigenvalue weighted by molar-refractivity contribution is 5.89. The maximum Gasteiger partial charge on any atom is 0.328 e. The molecule has 0 radical (unpaired) electrons. The van der Waals surface area contributed by atoms with Crippen LogP contribution in [0.15, 0.2) is 24.4 Å². The quantitative estimate of drug-likeness (QED) is 0.808. The van der Waals surface area contributed by atoms with Crippen LogP contribution in [0, 0.1) is 0 Å². The molecule has 1 rings (SSSR count). The van der Waals surface area contributed by atoms with Gasteiger partial charge in [0.2, 0.25) is 0 Å². The van der Waals surface area contributed by atoms with E-state index < -0.39 is 11.9 Å². The number of aromatic nitrogens is 1. The number of carboxylic acids is 2. The summed E-state index contributed by atoms with van der Waals surface area (Å²) in [6.45, 7) is 6.57. The highest BCUT2D eigenvalue weighted by Crippen LogP contribution is 2.14. The largest absolute Gasteiger partial charge is 0.478 e. The fraction of sp³-hybridized carbons (Fsp3) is 0.400. The van der Waals surface area contributed by atoms with Gasteiger partial charge in [-0.3, -0.25) is 4.98 Å². The second-order valence-electron chi connectivity index (χ2n) is 3.97. The van der Waals surface area contributed by atoms with Gasteiger partial charge in [0.05, 0.1) is 0 Å². The molecule has 0 amide bonds. The number of hydrogen-bond acceptors (Lipinski definition) is 3. The maximum absolute atomic E-state index is 9.55. The van der Waals surface area contributed by atoms with Crippen molar-refractivity contribution in [2.24, 2.45) is 0 Å². The first-order valence-corrected chi connectivity index (χ1v) is 6.55. The number of carbonyl (C=O) groups is 2. The van der Waals surface area contributed by atoms with Crippen molar-refractivity contribution < 1.29 is 19.8 Å². The summed E-state index contributed by atoms with van der Waals surface area (Å²) in [6, 6.07) is 2.14. The van der Waals surface area contributed by atoms with Crippen molar-refractivity contribution in [3.8, 4) is 0 Å². The van der Waals surface area contributed by atoms with Gasteiger partial charge in [0.15, 0.2) is 0 Å². The third-order valence-electron chi connectivity index (χ3n) is 2.68. The molecule has 0 aliphatic rings. The first kappa shape index (κ1) is 17.8. The second kappa shape index (κ2) is 9.72. The van der Waals surface area contributed by atoms with Crippen molar-refractivity contribution in [1.29, 1.82) is 0 Å². The summed E-state index contributed by atoms with van der Waals surface area (Å²) in [7, 11) is 0. The van der Waals surface area contributed by atoms with Gasteiger partial charge in [-0.1, -0.05) is 20.8 Å². The Hall–Kier alpha value is -2.17. The van der Waals surface area contributed by atoms with E-state index in [-0.39, 0.29) is 0 Å². The van der Waals surface area contributed by atoms with Gasteiger partial charge in [0, 0.05) is 24.0 Å². The van der Waals surface area contributed by atoms with Gasteiger partial charge in [-0.15, -0.1) is 0 Å². The SMILES string of the molecule is CCc1ccnc(CC)c1CC.O=C(O)C=CC(=O)O. The zero-order valence-electron chi connectivity index (χ0n) is 12.1. The summed E-state index contributed by atoms with van der Waals surface area (Å²) in [5.74, 6) is -2.51. The van der Waals surface area contributed by atoms with E-state index in [1.165, 1.54) is 16.8 Å². The molecule has 0 fully saturated rings. The molecule has 0 aromatic carbocycles. The Kier molecular flexibility index (Phi) is 8.67. The molecule has 0 bridgehead atoms. The Balaban J connectivity index is 0.000000396. The zero-order chi connectivity index (χ0) is 15.5. The van der Waals surface area contributed by atoms with E-state index >= 15 is 0 Å². The molecule has 1 heterocycles. The van der Waals surface area contributed by atoms with Crippen molar-refractivity contribution >= 4 is 11.9 Å². The van der Waals surface area contributed by atoms with Crippen LogP contribution in [0.3, 0.4) is 0 Å². The van der Waals surface area contributed by atoms with Gasteiger partial charge in [-0.2, -0.15) is 0 Å². The maximum atomic E-state index is 9.55. The third-order valence-corrected chi connectivity index (χ3v) is 2.68. The molecule has 0 spiro atoms. The molecule has 5 heteroatoms. The van der Waals surface area contributed by atoms with Gasteiger partial charge < -0.3 is 10.2 Å². The highest BCUT2D eigenvalue weighted by Gasteiger charge is 2.03. The molecule has 1 aromatic rings. The third kappa shape index (κ3) is 6.68. The number of aliphatic carboxylic acids is 2. The van der Waals surface area contributed by atoms with Crippen molar-refractivity contribution in [2.45, 2.75) is 40.0 Å². The Bertz CT molecular complexity index is 443. The monoisotopic (exact) mass is 279 g/mol. The van der Waals surface area contributed by atoms with E-state index in [2.05, 4.69) is 31.8 Å². The zero-order valence-corrected chi connectivity index (χ0v) is 12.1. The van der Waals surface area contributed by atoms with E-state index in [9.17, 15) is 9.59 Å². The predicted molar refractivity (Wildman–Crippen MR) is 76.8 cm³/mol. The van der Waals surface area contributed by atoms with Crippen LogP contribution in [-0.4, -0.2) is 27.1 Å². The Morgan fingerprint density at radius 2 is 1.60 bits per heavy atom. The molecular weight excluding hydrogens is 258 g/mol. The fourth-order valence-corrected chi connectivity index (χ4v) is 1.79. The van der Waals surface area contributed by atoms with Gasteiger partial charge in [-0.25, -0.2) is 9.59 Å². The summed E-state index contributed by atoms with van der Waals surface area (Å²) < 4.78 is 0. The number of carboxylic acid groups (broad SMARTS) is 2. The molecule has 110 valence electrons. The fourth-order valence-electron chi connectivity index (χ4n) is 1.79. The number of rotatable bonds is 5. The number of pyridine rings is 1. The van der Waals surface area contributed by atoms with Crippen LogP contribution >= 0.6 is 0 Å². The number of aryl methyl sites for hydroxylation is 2. The van der Waals surface area contributed by atoms with Crippen LogP contribution in [0.25, 0.3) is 0 Å². The van der Waals surface area contributed by atoms with Crippen LogP contribution in [0.2, 0.25) is 0 Å². The first-order chi connectivity index (χ1) is 9.46. The van der Waals surface area contributed by atoms with Crippen LogP contribution < -0.4 is 0 Å². The van der Waals surface area contributed by atoms with Crippen molar-refractivity contribution in [3.63, 3.8) is 0 Å². The Labute approximate surface area is 119 Å². The van der Waals surface area contributed by atoms with E-state index in [4.69, 9.17) is 10.2 Å². The summed E-state index contributed by atoms with van der Waals surface area (Å²) in [4.78, 5) is 23.5. The number of hydrogen-bond donors (Lipinski definition) is 2. The molecule has 0 aliphatic carbocycles. The summed E-state index contributed by atoms with van der Waals surface area (Å²) in [6.07, 6.45) is 6.33. The lowest BCUT2D eigenvalue weighted by Gasteiger charge is -2.08. The van der Waals surface area contributed by atoms with Gasteiger partial charge in [0.25, 0.3) is 0 Å².